The SMILES string of the molecule is C/C=C(\C=C/CN(c1ccccc1)c1cccc2ccccc12)c1ccc(N(c2cc#ccc2)c2cccc3ccccc23)cc1. The van der Waals surface area contributed by atoms with Gasteiger partial charge < -0.3 is 9.80 Å². The van der Waals surface area contributed by atoms with Gasteiger partial charge in [0.1, 0.15) is 0 Å². The largest absolute Gasteiger partial charge is 0.337 e. The molecule has 0 N–H and O–H groups in total. The molecule has 7 aromatic rings. The van der Waals surface area contributed by atoms with Gasteiger partial charge in [0.05, 0.1) is 11.4 Å². The van der Waals surface area contributed by atoms with Crippen LogP contribution in [-0.2, 0) is 0 Å². The summed E-state index contributed by atoms with van der Waals surface area (Å²) in [6.07, 6.45) is 6.68. The monoisotopic (exact) mass is 590 g/mol. The molecule has 0 saturated heterocycles. The number of hydrogen-bond acceptors (Lipinski definition) is 2. The number of benzene rings is 6. The average molecular weight is 591 g/mol. The van der Waals surface area contributed by atoms with Crippen LogP contribution in [0.1, 0.15) is 12.5 Å². The first-order valence-electron chi connectivity index (χ1n) is 15.7. The van der Waals surface area contributed by atoms with Crippen molar-refractivity contribution in [1.29, 1.82) is 0 Å². The maximum Gasteiger partial charge on any atom is 0.0551 e. The summed E-state index contributed by atoms with van der Waals surface area (Å²) >= 11 is 0. The molecule has 0 radical (unpaired) electrons. The van der Waals surface area contributed by atoms with Gasteiger partial charge in [-0.2, -0.15) is 0 Å². The minimum Gasteiger partial charge on any atom is -0.337 e. The molecule has 0 atom stereocenters. The van der Waals surface area contributed by atoms with Gasteiger partial charge in [-0.1, -0.05) is 133 Å². The summed E-state index contributed by atoms with van der Waals surface area (Å²) in [5.41, 5.74) is 7.98. The Kier molecular flexibility index (Phi) is 8.30. The lowest BCUT2D eigenvalue weighted by Crippen LogP contribution is -2.17. The van der Waals surface area contributed by atoms with E-state index < -0.39 is 0 Å². The summed E-state index contributed by atoms with van der Waals surface area (Å²) in [6, 6.07) is 61.8. The molecule has 0 saturated carbocycles. The van der Waals surface area contributed by atoms with E-state index in [2.05, 4.69) is 193 Å². The highest BCUT2D eigenvalue weighted by Crippen LogP contribution is 2.39. The topological polar surface area (TPSA) is 6.48 Å². The number of rotatable bonds is 9. The zero-order valence-corrected chi connectivity index (χ0v) is 25.8. The van der Waals surface area contributed by atoms with Crippen LogP contribution in [0.4, 0.5) is 28.4 Å². The molecule has 0 heterocycles. The van der Waals surface area contributed by atoms with E-state index in [1.807, 2.05) is 12.1 Å². The van der Waals surface area contributed by atoms with Crippen LogP contribution in [0, 0.1) is 12.1 Å². The molecule has 0 aromatic heterocycles. The molecule has 46 heavy (non-hydrogen) atoms. The van der Waals surface area contributed by atoms with E-state index in [9.17, 15) is 0 Å². The number of hydrogen-bond donors (Lipinski definition) is 0. The lowest BCUT2D eigenvalue weighted by atomic mass is 10.0. The fraction of sp³-hybridized carbons (Fsp3) is 0.0455. The van der Waals surface area contributed by atoms with Crippen molar-refractivity contribution in [3.8, 4) is 0 Å². The molecular formula is C44H34N2. The second-order valence-corrected chi connectivity index (χ2v) is 11.2. The Bertz CT molecular complexity index is 2120. The Morgan fingerprint density at radius 2 is 1.20 bits per heavy atom. The van der Waals surface area contributed by atoms with Crippen LogP contribution in [0.25, 0.3) is 27.1 Å². The van der Waals surface area contributed by atoms with Gasteiger partial charge in [-0.05, 0) is 77.4 Å². The van der Waals surface area contributed by atoms with Crippen molar-refractivity contribution < 1.29 is 0 Å². The lowest BCUT2D eigenvalue weighted by Gasteiger charge is -2.26. The van der Waals surface area contributed by atoms with Crippen molar-refractivity contribution in [2.75, 3.05) is 16.3 Å². The highest BCUT2D eigenvalue weighted by atomic mass is 15.1. The van der Waals surface area contributed by atoms with Gasteiger partial charge in [0, 0.05) is 40.4 Å². The van der Waals surface area contributed by atoms with Gasteiger partial charge in [-0.15, -0.1) is 0 Å². The van der Waals surface area contributed by atoms with Crippen LogP contribution >= 0.6 is 0 Å². The summed E-state index contributed by atoms with van der Waals surface area (Å²) in [7, 11) is 0. The zero-order valence-electron chi connectivity index (χ0n) is 25.8. The normalized spacial score (nSPS) is 11.5. The van der Waals surface area contributed by atoms with Gasteiger partial charge in [-0.25, -0.2) is 0 Å². The Balaban J connectivity index is 1.19. The van der Waals surface area contributed by atoms with Crippen molar-refractivity contribution in [3.63, 3.8) is 0 Å². The van der Waals surface area contributed by atoms with Gasteiger partial charge in [0.25, 0.3) is 0 Å². The standard InChI is InChI=1S/C44H34N2/c1-2-34(20-15-33-45(38-21-5-3-6-22-38)43-27-13-18-36-16-9-11-25-41(36)43)35-29-31-40(32-30-35)46(39-23-7-4-8-24-39)44-28-14-19-37-17-10-12-26-42(37)44/h2-3,5-7,9-32H,33H2,1H3/b20-15-,34-2+. The van der Waals surface area contributed by atoms with E-state index >= 15 is 0 Å². The summed E-state index contributed by atoms with van der Waals surface area (Å²) < 4.78 is 0. The fourth-order valence-electron chi connectivity index (χ4n) is 6.15. The molecule has 2 heteroatoms. The summed E-state index contributed by atoms with van der Waals surface area (Å²) in [6.45, 7) is 2.84. The minimum absolute atomic E-state index is 0.740. The molecule has 7 aromatic carbocycles. The van der Waals surface area contributed by atoms with Gasteiger partial charge in [-0.3, -0.25) is 0 Å². The van der Waals surface area contributed by atoms with Crippen LogP contribution in [0.3, 0.4) is 0 Å². The summed E-state index contributed by atoms with van der Waals surface area (Å²) in [5.74, 6) is 0. The molecule has 0 aliphatic heterocycles. The van der Waals surface area contributed by atoms with Crippen LogP contribution in [0.15, 0.2) is 176 Å². The van der Waals surface area contributed by atoms with Crippen molar-refractivity contribution in [2.24, 2.45) is 0 Å². The second-order valence-electron chi connectivity index (χ2n) is 11.2. The number of para-hydroxylation sites is 1. The molecule has 0 spiro atoms. The Morgan fingerprint density at radius 3 is 1.87 bits per heavy atom. The molecule has 7 rings (SSSR count). The minimum atomic E-state index is 0.740. The van der Waals surface area contributed by atoms with Gasteiger partial charge in [0.2, 0.25) is 0 Å². The molecule has 0 aliphatic carbocycles. The Morgan fingerprint density at radius 1 is 0.565 bits per heavy atom. The van der Waals surface area contributed by atoms with E-state index in [0.29, 0.717) is 0 Å². The Hall–Kier alpha value is -6.04. The fourth-order valence-corrected chi connectivity index (χ4v) is 6.15. The molecule has 0 bridgehead atoms. The molecule has 2 nitrogen and oxygen atoms in total. The van der Waals surface area contributed by atoms with E-state index in [-0.39, 0.29) is 0 Å². The number of fused-ring (bicyclic) bond motifs is 2. The molecule has 0 aliphatic rings. The maximum absolute atomic E-state index is 3.14. The molecular weight excluding hydrogens is 556 g/mol. The van der Waals surface area contributed by atoms with E-state index in [4.69, 9.17) is 0 Å². The quantitative estimate of drug-likeness (QED) is 0.154. The van der Waals surface area contributed by atoms with Crippen LogP contribution < -0.4 is 9.80 Å². The molecule has 0 amide bonds. The van der Waals surface area contributed by atoms with E-state index in [1.165, 1.54) is 44.1 Å². The third-order valence-electron chi connectivity index (χ3n) is 8.39. The van der Waals surface area contributed by atoms with Gasteiger partial charge in [0.15, 0.2) is 0 Å². The predicted molar refractivity (Wildman–Crippen MR) is 196 cm³/mol. The molecule has 0 fully saturated rings. The van der Waals surface area contributed by atoms with Crippen molar-refractivity contribution in [3.05, 3.63) is 194 Å². The van der Waals surface area contributed by atoms with Crippen LogP contribution in [-0.4, -0.2) is 6.54 Å². The molecule has 0 unspecified atom stereocenters. The third-order valence-corrected chi connectivity index (χ3v) is 8.39. The first kappa shape index (κ1) is 28.7. The highest BCUT2D eigenvalue weighted by molar-refractivity contribution is 5.99. The molecule has 220 valence electrons. The maximum atomic E-state index is 3.14. The van der Waals surface area contributed by atoms with Crippen molar-refractivity contribution >= 4 is 55.6 Å². The Labute approximate surface area is 271 Å². The van der Waals surface area contributed by atoms with Crippen molar-refractivity contribution in [1.82, 2.24) is 0 Å². The highest BCUT2D eigenvalue weighted by Gasteiger charge is 2.15. The smallest absolute Gasteiger partial charge is 0.0551 e. The zero-order chi connectivity index (χ0) is 31.1. The van der Waals surface area contributed by atoms with E-state index in [0.717, 1.165) is 23.6 Å². The van der Waals surface area contributed by atoms with Gasteiger partial charge >= 0.3 is 0 Å². The third kappa shape index (κ3) is 5.87. The summed E-state index contributed by atoms with van der Waals surface area (Å²) in [4.78, 5) is 4.68. The van der Waals surface area contributed by atoms with Crippen LogP contribution in [0.2, 0.25) is 0 Å². The van der Waals surface area contributed by atoms with E-state index in [1.54, 1.807) is 0 Å². The number of anilines is 5. The van der Waals surface area contributed by atoms with Crippen LogP contribution in [0.5, 0.6) is 0 Å². The predicted octanol–water partition coefficient (Wildman–Crippen LogP) is 11.9. The summed E-state index contributed by atoms with van der Waals surface area (Å²) in [5, 5.41) is 4.90. The average Bonchev–Trinajstić information content (AvgIpc) is 3.13. The first-order valence-corrected chi connectivity index (χ1v) is 15.7. The lowest BCUT2D eigenvalue weighted by molar-refractivity contribution is 1.10. The second kappa shape index (κ2) is 13.3. The van der Waals surface area contributed by atoms with Crippen molar-refractivity contribution in [2.45, 2.75) is 6.92 Å². The number of nitrogens with zero attached hydrogens (tertiary/aromatic N) is 2. The first-order chi connectivity index (χ1) is 22.8. The number of allylic oxidation sites excluding steroid dienone is 3.